The van der Waals surface area contributed by atoms with Crippen molar-refractivity contribution in [1.29, 1.82) is 0 Å². The van der Waals surface area contributed by atoms with Crippen LogP contribution in [0.3, 0.4) is 0 Å². The number of hydrogen-bond acceptors (Lipinski definition) is 3. The minimum atomic E-state index is 0.633. The van der Waals surface area contributed by atoms with Gasteiger partial charge in [-0.15, -0.1) is 0 Å². The lowest BCUT2D eigenvalue weighted by atomic mass is 10.2. The molecule has 0 fully saturated rings. The van der Waals surface area contributed by atoms with Crippen LogP contribution >= 0.6 is 15.9 Å². The van der Waals surface area contributed by atoms with Gasteiger partial charge in [0.15, 0.2) is 0 Å². The molecule has 1 aromatic heterocycles. The molecule has 1 aromatic rings. The van der Waals surface area contributed by atoms with Gasteiger partial charge in [-0.3, -0.25) is 0 Å². The average molecular weight is 286 g/mol. The van der Waals surface area contributed by atoms with Crippen molar-refractivity contribution in [1.82, 2.24) is 9.97 Å². The smallest absolute Gasteiger partial charge is 0.133 e. The van der Waals surface area contributed by atoms with Gasteiger partial charge in [0.1, 0.15) is 16.2 Å². The van der Waals surface area contributed by atoms with Gasteiger partial charge >= 0.3 is 0 Å². The van der Waals surface area contributed by atoms with Crippen LogP contribution in [-0.2, 0) is 6.42 Å². The van der Waals surface area contributed by atoms with Gasteiger partial charge in [0.25, 0.3) is 0 Å². The topological polar surface area (TPSA) is 29.0 Å². The van der Waals surface area contributed by atoms with Crippen LogP contribution in [0, 0.1) is 5.92 Å². The first-order valence-corrected chi connectivity index (χ1v) is 6.56. The van der Waals surface area contributed by atoms with Crippen molar-refractivity contribution in [2.45, 2.75) is 33.6 Å². The quantitative estimate of drug-likeness (QED) is 0.778. The number of nitrogens with zero attached hydrogens (tertiary/aromatic N) is 3. The van der Waals surface area contributed by atoms with Crippen LogP contribution < -0.4 is 4.90 Å². The molecule has 0 N–H and O–H groups in total. The molecule has 0 saturated heterocycles. The third-order valence-corrected chi connectivity index (χ3v) is 2.64. The molecule has 0 aromatic carbocycles. The summed E-state index contributed by atoms with van der Waals surface area (Å²) in [5, 5.41) is 0. The van der Waals surface area contributed by atoms with E-state index in [-0.39, 0.29) is 0 Å². The Morgan fingerprint density at radius 1 is 1.38 bits per heavy atom. The van der Waals surface area contributed by atoms with E-state index in [1.807, 2.05) is 6.07 Å². The van der Waals surface area contributed by atoms with Crippen LogP contribution in [0.5, 0.6) is 0 Å². The van der Waals surface area contributed by atoms with Crippen LogP contribution in [-0.4, -0.2) is 23.6 Å². The van der Waals surface area contributed by atoms with Crippen LogP contribution in [0.25, 0.3) is 0 Å². The summed E-state index contributed by atoms with van der Waals surface area (Å²) in [6.07, 6.45) is 2.01. The van der Waals surface area contributed by atoms with Gasteiger partial charge in [0.05, 0.1) is 0 Å². The molecule has 4 heteroatoms. The van der Waals surface area contributed by atoms with Gasteiger partial charge in [-0.2, -0.15) is 0 Å². The predicted molar refractivity (Wildman–Crippen MR) is 71.8 cm³/mol. The van der Waals surface area contributed by atoms with E-state index in [1.165, 1.54) is 0 Å². The number of aromatic nitrogens is 2. The van der Waals surface area contributed by atoms with Gasteiger partial charge in [0.2, 0.25) is 0 Å². The molecule has 90 valence electrons. The number of aryl methyl sites for hydroxylation is 1. The van der Waals surface area contributed by atoms with Gasteiger partial charge in [-0.25, -0.2) is 9.97 Å². The van der Waals surface area contributed by atoms with Crippen molar-refractivity contribution < 1.29 is 0 Å². The molecule has 0 saturated carbocycles. The Bertz CT molecular complexity index is 339. The Hall–Kier alpha value is -0.640. The Balaban J connectivity index is 2.86. The molecule has 0 unspecified atom stereocenters. The fraction of sp³-hybridized carbons (Fsp3) is 0.667. The lowest BCUT2D eigenvalue weighted by Gasteiger charge is -2.20. The zero-order valence-electron chi connectivity index (χ0n) is 10.5. The molecule has 0 aliphatic rings. The highest BCUT2D eigenvalue weighted by molar-refractivity contribution is 9.10. The van der Waals surface area contributed by atoms with E-state index >= 15 is 0 Å². The van der Waals surface area contributed by atoms with Gasteiger partial charge in [0, 0.05) is 26.1 Å². The summed E-state index contributed by atoms with van der Waals surface area (Å²) < 4.78 is 0.872. The summed E-state index contributed by atoms with van der Waals surface area (Å²) in [4.78, 5) is 11.1. The molecule has 1 heterocycles. The molecule has 0 amide bonds. The fourth-order valence-corrected chi connectivity index (χ4v) is 2.03. The van der Waals surface area contributed by atoms with E-state index in [1.54, 1.807) is 0 Å². The largest absolute Gasteiger partial charge is 0.359 e. The lowest BCUT2D eigenvalue weighted by molar-refractivity contribution is 0.632. The summed E-state index contributed by atoms with van der Waals surface area (Å²) in [5.74, 6) is 2.55. The summed E-state index contributed by atoms with van der Waals surface area (Å²) in [6.45, 7) is 7.57. The number of rotatable bonds is 5. The second kappa shape index (κ2) is 6.18. The van der Waals surface area contributed by atoms with Crippen molar-refractivity contribution in [2.75, 3.05) is 18.5 Å². The van der Waals surface area contributed by atoms with E-state index in [9.17, 15) is 0 Å². The molecule has 16 heavy (non-hydrogen) atoms. The van der Waals surface area contributed by atoms with Gasteiger partial charge in [-0.1, -0.05) is 20.8 Å². The minimum Gasteiger partial charge on any atom is -0.359 e. The van der Waals surface area contributed by atoms with Gasteiger partial charge < -0.3 is 4.90 Å². The van der Waals surface area contributed by atoms with E-state index < -0.39 is 0 Å². The summed E-state index contributed by atoms with van der Waals surface area (Å²) in [7, 11) is 2.07. The van der Waals surface area contributed by atoms with Crippen molar-refractivity contribution in [3.63, 3.8) is 0 Å². The highest BCUT2D eigenvalue weighted by atomic mass is 79.9. The van der Waals surface area contributed by atoms with Crippen molar-refractivity contribution >= 4 is 21.7 Å². The van der Waals surface area contributed by atoms with Crippen molar-refractivity contribution in [3.8, 4) is 0 Å². The van der Waals surface area contributed by atoms with Crippen LogP contribution in [0.15, 0.2) is 10.7 Å². The highest BCUT2D eigenvalue weighted by Gasteiger charge is 2.08. The van der Waals surface area contributed by atoms with Gasteiger partial charge in [-0.05, 0) is 28.3 Å². The Labute approximate surface area is 106 Å². The van der Waals surface area contributed by atoms with E-state index in [4.69, 9.17) is 0 Å². The number of hydrogen-bond donors (Lipinski definition) is 0. The monoisotopic (exact) mass is 285 g/mol. The van der Waals surface area contributed by atoms with E-state index in [0.29, 0.717) is 5.92 Å². The second-order valence-corrected chi connectivity index (χ2v) is 5.30. The van der Waals surface area contributed by atoms with Crippen molar-refractivity contribution in [3.05, 3.63) is 16.5 Å². The molecule has 1 rings (SSSR count). The first-order chi connectivity index (χ1) is 7.52. The zero-order valence-corrected chi connectivity index (χ0v) is 12.1. The maximum Gasteiger partial charge on any atom is 0.133 e. The Morgan fingerprint density at radius 2 is 2.06 bits per heavy atom. The fourth-order valence-electron chi connectivity index (χ4n) is 1.62. The molecule has 0 aliphatic carbocycles. The average Bonchev–Trinajstić information content (AvgIpc) is 2.16. The zero-order chi connectivity index (χ0) is 12.1. The Kier molecular flexibility index (Phi) is 5.19. The number of halogens is 1. The highest BCUT2D eigenvalue weighted by Crippen LogP contribution is 2.17. The molecule has 0 aliphatic heterocycles. The lowest BCUT2D eigenvalue weighted by Crippen LogP contribution is -2.24. The number of anilines is 1. The van der Waals surface area contributed by atoms with Crippen molar-refractivity contribution in [2.24, 2.45) is 5.92 Å². The first kappa shape index (κ1) is 13.4. The standard InChI is InChI=1S/C12H20BrN3/c1-5-6-11-14-10(13)7-12(15-11)16(4)8-9(2)3/h7,9H,5-6,8H2,1-4H3. The molecular formula is C12H20BrN3. The maximum atomic E-state index is 4.56. The van der Waals surface area contributed by atoms with E-state index in [0.717, 1.165) is 35.6 Å². The predicted octanol–water partition coefficient (Wildman–Crippen LogP) is 3.28. The molecule has 0 atom stereocenters. The van der Waals surface area contributed by atoms with Crippen LogP contribution in [0.1, 0.15) is 33.0 Å². The normalized spacial score (nSPS) is 10.9. The third-order valence-electron chi connectivity index (χ3n) is 2.23. The van der Waals surface area contributed by atoms with E-state index in [2.05, 4.69) is 58.6 Å². The third kappa shape index (κ3) is 4.08. The molecule has 0 spiro atoms. The van der Waals surface area contributed by atoms with Crippen LogP contribution in [0.2, 0.25) is 0 Å². The molecule has 0 radical (unpaired) electrons. The SMILES string of the molecule is CCCc1nc(Br)cc(N(C)CC(C)C)n1. The Morgan fingerprint density at radius 3 is 2.62 bits per heavy atom. The second-order valence-electron chi connectivity index (χ2n) is 4.49. The molecular weight excluding hydrogens is 266 g/mol. The summed E-state index contributed by atoms with van der Waals surface area (Å²) in [6, 6.07) is 1.97. The van der Waals surface area contributed by atoms with Crippen LogP contribution in [0.4, 0.5) is 5.82 Å². The summed E-state index contributed by atoms with van der Waals surface area (Å²) in [5.41, 5.74) is 0. The summed E-state index contributed by atoms with van der Waals surface area (Å²) >= 11 is 3.44. The minimum absolute atomic E-state index is 0.633. The molecule has 0 bridgehead atoms. The maximum absolute atomic E-state index is 4.56. The first-order valence-electron chi connectivity index (χ1n) is 5.77. The molecule has 3 nitrogen and oxygen atoms in total.